The molecule has 1 aliphatic rings. The first-order valence-corrected chi connectivity index (χ1v) is 4.26. The number of aromatic nitrogens is 1. The Morgan fingerprint density at radius 3 is 2.93 bits per heavy atom. The first-order valence-electron chi connectivity index (χ1n) is 4.26. The zero-order chi connectivity index (χ0) is 10.3. The van der Waals surface area contributed by atoms with Crippen LogP contribution in [0.2, 0.25) is 0 Å². The number of nitrogen functional groups attached to an aromatic ring is 1. The molecule has 74 valence electrons. The van der Waals surface area contributed by atoms with Crippen molar-refractivity contribution < 1.29 is 9.53 Å². The van der Waals surface area contributed by atoms with E-state index in [0.717, 1.165) is 0 Å². The van der Waals surface area contributed by atoms with Gasteiger partial charge in [-0.1, -0.05) is 0 Å². The van der Waals surface area contributed by atoms with Crippen molar-refractivity contribution in [2.24, 2.45) is 0 Å². The van der Waals surface area contributed by atoms with E-state index in [1.807, 2.05) is 0 Å². The summed E-state index contributed by atoms with van der Waals surface area (Å²) in [6.45, 7) is 3.49. The Labute approximate surface area is 81.3 Å². The first-order chi connectivity index (χ1) is 6.49. The molecule has 1 aromatic rings. The smallest absolute Gasteiger partial charge is 0.337 e. The van der Waals surface area contributed by atoms with Gasteiger partial charge in [-0.2, -0.15) is 4.98 Å². The normalized spacial score (nSPS) is 18.0. The van der Waals surface area contributed by atoms with Crippen LogP contribution in [0.3, 0.4) is 0 Å². The molecular formula is C9H11N3O2. The molecule has 5 heteroatoms. The van der Waals surface area contributed by atoms with Crippen LogP contribution in [-0.4, -0.2) is 16.5 Å². The van der Waals surface area contributed by atoms with Crippen molar-refractivity contribution in [3.05, 3.63) is 12.1 Å². The molecule has 0 saturated carbocycles. The fraction of sp³-hybridized carbons (Fsp3) is 0.333. The molecule has 2 heterocycles. The molecule has 0 aromatic carbocycles. The van der Waals surface area contributed by atoms with Gasteiger partial charge in [0.15, 0.2) is 0 Å². The van der Waals surface area contributed by atoms with Crippen molar-refractivity contribution in [3.63, 3.8) is 0 Å². The van der Waals surface area contributed by atoms with Crippen molar-refractivity contribution in [1.29, 1.82) is 0 Å². The maximum Gasteiger partial charge on any atom is 0.337 e. The number of anilines is 2. The van der Waals surface area contributed by atoms with Gasteiger partial charge in [0.05, 0.1) is 5.69 Å². The summed E-state index contributed by atoms with van der Waals surface area (Å²) in [5.74, 6) is 0.218. The molecule has 0 spiro atoms. The van der Waals surface area contributed by atoms with Crippen LogP contribution in [0.5, 0.6) is 5.88 Å². The fourth-order valence-corrected chi connectivity index (χ4v) is 1.23. The third-order valence-electron chi connectivity index (χ3n) is 2.03. The molecule has 0 radical (unpaired) electrons. The second kappa shape index (κ2) is 2.60. The molecule has 0 saturated heterocycles. The van der Waals surface area contributed by atoms with E-state index in [4.69, 9.17) is 10.5 Å². The number of hydrogen-bond donors (Lipinski definition) is 2. The molecule has 0 bridgehead atoms. The van der Waals surface area contributed by atoms with Gasteiger partial charge in [-0.15, -0.1) is 0 Å². The SMILES string of the molecule is CC1(C)Nc2ccc(N)nc2OC1=O. The fourth-order valence-electron chi connectivity index (χ4n) is 1.23. The molecule has 1 aromatic heterocycles. The number of hydrogen-bond acceptors (Lipinski definition) is 5. The standard InChI is InChI=1S/C9H11N3O2/c1-9(2)8(13)14-7-5(12-9)3-4-6(10)11-7/h3-4,12H,1-2H3,(H2,10,11). The van der Waals surface area contributed by atoms with Crippen LogP contribution in [0.25, 0.3) is 0 Å². The average molecular weight is 193 g/mol. The Bertz CT molecular complexity index is 401. The van der Waals surface area contributed by atoms with Crippen molar-refractivity contribution in [2.45, 2.75) is 19.4 Å². The minimum Gasteiger partial charge on any atom is -0.403 e. The number of carbonyl (C=O) groups excluding carboxylic acids is 1. The maximum atomic E-state index is 11.4. The molecule has 0 unspecified atom stereocenters. The van der Waals surface area contributed by atoms with Crippen LogP contribution < -0.4 is 15.8 Å². The number of rotatable bonds is 0. The van der Waals surface area contributed by atoms with Crippen molar-refractivity contribution >= 4 is 17.5 Å². The van der Waals surface area contributed by atoms with E-state index in [1.54, 1.807) is 26.0 Å². The maximum absolute atomic E-state index is 11.4. The van der Waals surface area contributed by atoms with E-state index in [1.165, 1.54) is 0 Å². The largest absolute Gasteiger partial charge is 0.403 e. The minimum atomic E-state index is -0.717. The van der Waals surface area contributed by atoms with Gasteiger partial charge in [0.1, 0.15) is 11.4 Å². The molecule has 0 fully saturated rings. The van der Waals surface area contributed by atoms with Gasteiger partial charge in [0.25, 0.3) is 0 Å². The Balaban J connectivity index is 2.46. The Morgan fingerprint density at radius 2 is 2.21 bits per heavy atom. The van der Waals surface area contributed by atoms with Gasteiger partial charge in [0, 0.05) is 0 Å². The summed E-state index contributed by atoms with van der Waals surface area (Å²) in [5, 5.41) is 3.02. The minimum absolute atomic E-state index is 0.245. The topological polar surface area (TPSA) is 77.2 Å². The number of esters is 1. The van der Waals surface area contributed by atoms with Gasteiger partial charge in [-0.25, -0.2) is 4.79 Å². The van der Waals surface area contributed by atoms with Crippen LogP contribution in [0.1, 0.15) is 13.8 Å². The second-order valence-corrected chi connectivity index (χ2v) is 3.73. The number of fused-ring (bicyclic) bond motifs is 1. The predicted molar refractivity (Wildman–Crippen MR) is 52.0 cm³/mol. The number of pyridine rings is 1. The zero-order valence-electron chi connectivity index (χ0n) is 8.00. The molecule has 5 nitrogen and oxygen atoms in total. The van der Waals surface area contributed by atoms with Crippen molar-refractivity contribution in [2.75, 3.05) is 11.1 Å². The summed E-state index contributed by atoms with van der Waals surface area (Å²) in [5.41, 5.74) is 5.43. The van der Waals surface area contributed by atoms with E-state index < -0.39 is 5.54 Å². The van der Waals surface area contributed by atoms with Crippen LogP contribution >= 0.6 is 0 Å². The summed E-state index contributed by atoms with van der Waals surface area (Å²) in [4.78, 5) is 15.3. The Kier molecular flexibility index (Phi) is 1.64. The number of nitrogens with two attached hydrogens (primary N) is 1. The van der Waals surface area contributed by atoms with E-state index >= 15 is 0 Å². The highest BCUT2D eigenvalue weighted by Gasteiger charge is 2.35. The lowest BCUT2D eigenvalue weighted by molar-refractivity contribution is -0.139. The summed E-state index contributed by atoms with van der Waals surface area (Å²) < 4.78 is 5.04. The first kappa shape index (κ1) is 8.80. The molecule has 0 atom stereocenters. The van der Waals surface area contributed by atoms with Crippen LogP contribution in [0.15, 0.2) is 12.1 Å². The van der Waals surface area contributed by atoms with E-state index in [-0.39, 0.29) is 11.8 Å². The van der Waals surface area contributed by atoms with Crippen LogP contribution in [-0.2, 0) is 4.79 Å². The van der Waals surface area contributed by atoms with E-state index in [2.05, 4.69) is 10.3 Å². The quantitative estimate of drug-likeness (QED) is 0.595. The molecule has 3 N–H and O–H groups in total. The summed E-state index contributed by atoms with van der Waals surface area (Å²) >= 11 is 0. The highest BCUT2D eigenvalue weighted by molar-refractivity contribution is 5.89. The monoisotopic (exact) mass is 193 g/mol. The van der Waals surface area contributed by atoms with Crippen molar-refractivity contribution in [1.82, 2.24) is 4.98 Å². The summed E-state index contributed by atoms with van der Waals surface area (Å²) in [7, 11) is 0. The number of carbonyl (C=O) groups is 1. The lowest BCUT2D eigenvalue weighted by atomic mass is 10.0. The lowest BCUT2D eigenvalue weighted by Crippen LogP contribution is -2.46. The van der Waals surface area contributed by atoms with Gasteiger partial charge < -0.3 is 15.8 Å². The third-order valence-corrected chi connectivity index (χ3v) is 2.03. The second-order valence-electron chi connectivity index (χ2n) is 3.73. The van der Waals surface area contributed by atoms with Gasteiger partial charge >= 0.3 is 5.97 Å². The lowest BCUT2D eigenvalue weighted by Gasteiger charge is -2.30. The molecule has 1 aliphatic heterocycles. The zero-order valence-corrected chi connectivity index (χ0v) is 8.00. The van der Waals surface area contributed by atoms with Crippen molar-refractivity contribution in [3.8, 4) is 5.88 Å². The van der Waals surface area contributed by atoms with Crippen LogP contribution in [0.4, 0.5) is 11.5 Å². The number of nitrogens with one attached hydrogen (secondary N) is 1. The summed E-state index contributed by atoms with van der Waals surface area (Å²) in [6.07, 6.45) is 0. The van der Waals surface area contributed by atoms with Gasteiger partial charge in [0.2, 0.25) is 5.88 Å². The highest BCUT2D eigenvalue weighted by atomic mass is 16.5. The average Bonchev–Trinajstić information content (AvgIpc) is 2.08. The van der Waals surface area contributed by atoms with E-state index in [0.29, 0.717) is 11.5 Å². The molecule has 14 heavy (non-hydrogen) atoms. The molecule has 2 rings (SSSR count). The Hall–Kier alpha value is -1.78. The molecular weight excluding hydrogens is 182 g/mol. The van der Waals surface area contributed by atoms with Crippen LogP contribution in [0, 0.1) is 0 Å². The highest BCUT2D eigenvalue weighted by Crippen LogP contribution is 2.31. The van der Waals surface area contributed by atoms with Gasteiger partial charge in [-0.3, -0.25) is 0 Å². The molecule has 0 amide bonds. The van der Waals surface area contributed by atoms with E-state index in [9.17, 15) is 4.79 Å². The number of nitrogens with zero attached hydrogens (tertiary/aromatic N) is 1. The predicted octanol–water partition coefficient (Wildman–Crippen LogP) is 0.773. The molecule has 0 aliphatic carbocycles. The summed E-state index contributed by atoms with van der Waals surface area (Å²) in [6, 6.07) is 3.40. The number of ether oxygens (including phenoxy) is 1. The Morgan fingerprint density at radius 1 is 1.50 bits per heavy atom. The third kappa shape index (κ3) is 1.26. The van der Waals surface area contributed by atoms with Gasteiger partial charge in [-0.05, 0) is 26.0 Å².